The smallest absolute Gasteiger partial charge is 0.331 e. The molecule has 0 aliphatic heterocycles. The molecular weight excluding hydrogens is 300 g/mol. The highest BCUT2D eigenvalue weighted by molar-refractivity contribution is 5.90. The molecule has 0 saturated carbocycles. The molecule has 3 rings (SSSR count). The second kappa shape index (κ2) is 5.56. The summed E-state index contributed by atoms with van der Waals surface area (Å²) in [6.07, 6.45) is 0. The number of rotatable bonds is 3. The number of amides is 1. The Kier molecular flexibility index (Phi) is 3.57. The topological polar surface area (TPSA) is 99.1 Å². The van der Waals surface area contributed by atoms with Crippen molar-refractivity contribution >= 4 is 22.6 Å². The molecule has 0 aliphatic carbocycles. The zero-order valence-corrected chi connectivity index (χ0v) is 12.6. The van der Waals surface area contributed by atoms with Crippen LogP contribution in [0, 0.1) is 6.92 Å². The fourth-order valence-corrected chi connectivity index (χ4v) is 2.35. The van der Waals surface area contributed by atoms with E-state index in [4.69, 9.17) is 4.52 Å². The van der Waals surface area contributed by atoms with Crippen molar-refractivity contribution in [1.82, 2.24) is 14.3 Å². The SMILES string of the molecule is Cc1cc(NC(=O)Cn2c(=O)n(C)c(=O)c3ccccc32)no1. The Morgan fingerprint density at radius 1 is 1.30 bits per heavy atom. The lowest BCUT2D eigenvalue weighted by atomic mass is 10.2. The third-order valence-electron chi connectivity index (χ3n) is 3.44. The molecule has 0 fully saturated rings. The van der Waals surface area contributed by atoms with Gasteiger partial charge in [0, 0.05) is 13.1 Å². The number of anilines is 1. The van der Waals surface area contributed by atoms with Gasteiger partial charge in [0.2, 0.25) is 5.91 Å². The highest BCUT2D eigenvalue weighted by atomic mass is 16.5. The largest absolute Gasteiger partial charge is 0.360 e. The van der Waals surface area contributed by atoms with Gasteiger partial charge in [-0.2, -0.15) is 0 Å². The lowest BCUT2D eigenvalue weighted by Gasteiger charge is -2.11. The zero-order valence-electron chi connectivity index (χ0n) is 12.6. The van der Waals surface area contributed by atoms with Crippen LogP contribution in [0.4, 0.5) is 5.82 Å². The standard InChI is InChI=1S/C15H14N4O4/c1-9-7-12(17-23-9)16-13(20)8-19-11-6-4-3-5-10(11)14(21)18(2)15(19)22/h3-7H,8H2,1-2H3,(H,16,17,20). The van der Waals surface area contributed by atoms with E-state index in [0.29, 0.717) is 16.7 Å². The molecule has 0 atom stereocenters. The van der Waals surface area contributed by atoms with Gasteiger partial charge in [-0.3, -0.25) is 18.7 Å². The highest BCUT2D eigenvalue weighted by Crippen LogP contribution is 2.09. The normalized spacial score (nSPS) is 10.9. The van der Waals surface area contributed by atoms with Crippen LogP contribution in [0.25, 0.3) is 10.9 Å². The van der Waals surface area contributed by atoms with Gasteiger partial charge in [-0.1, -0.05) is 17.3 Å². The van der Waals surface area contributed by atoms with Crippen LogP contribution in [0.2, 0.25) is 0 Å². The minimum Gasteiger partial charge on any atom is -0.360 e. The van der Waals surface area contributed by atoms with Crippen molar-refractivity contribution in [2.24, 2.45) is 7.05 Å². The second-order valence-electron chi connectivity index (χ2n) is 5.12. The highest BCUT2D eigenvalue weighted by Gasteiger charge is 2.14. The first-order valence-corrected chi connectivity index (χ1v) is 6.89. The van der Waals surface area contributed by atoms with Gasteiger partial charge in [-0.05, 0) is 19.1 Å². The third-order valence-corrected chi connectivity index (χ3v) is 3.44. The maximum absolute atomic E-state index is 12.3. The molecule has 2 aromatic heterocycles. The molecule has 0 saturated heterocycles. The van der Waals surface area contributed by atoms with E-state index >= 15 is 0 Å². The van der Waals surface area contributed by atoms with Crippen molar-refractivity contribution in [3.05, 3.63) is 56.9 Å². The monoisotopic (exact) mass is 314 g/mol. The predicted octanol–water partition coefficient (Wildman–Crippen LogP) is 0.635. The zero-order chi connectivity index (χ0) is 16.6. The quantitative estimate of drug-likeness (QED) is 0.764. The first-order valence-electron chi connectivity index (χ1n) is 6.89. The van der Waals surface area contributed by atoms with E-state index in [1.165, 1.54) is 11.6 Å². The summed E-state index contributed by atoms with van der Waals surface area (Å²) in [6, 6.07) is 8.23. The van der Waals surface area contributed by atoms with Crippen LogP contribution in [-0.2, 0) is 18.4 Å². The Morgan fingerprint density at radius 2 is 2.04 bits per heavy atom. The van der Waals surface area contributed by atoms with Crippen LogP contribution in [-0.4, -0.2) is 20.2 Å². The molecule has 118 valence electrons. The van der Waals surface area contributed by atoms with E-state index in [9.17, 15) is 14.4 Å². The maximum Gasteiger partial charge on any atom is 0.331 e. The van der Waals surface area contributed by atoms with Gasteiger partial charge in [0.05, 0.1) is 10.9 Å². The number of aryl methyl sites for hydroxylation is 1. The van der Waals surface area contributed by atoms with Gasteiger partial charge >= 0.3 is 5.69 Å². The molecule has 0 spiro atoms. The third kappa shape index (κ3) is 2.66. The number of fused-ring (bicyclic) bond motifs is 1. The van der Waals surface area contributed by atoms with Gasteiger partial charge in [0.15, 0.2) is 5.82 Å². The van der Waals surface area contributed by atoms with Crippen molar-refractivity contribution in [3.63, 3.8) is 0 Å². The molecule has 2 heterocycles. The Morgan fingerprint density at radius 3 is 2.74 bits per heavy atom. The minimum absolute atomic E-state index is 0.237. The lowest BCUT2D eigenvalue weighted by molar-refractivity contribution is -0.116. The summed E-state index contributed by atoms with van der Waals surface area (Å²) in [5, 5.41) is 6.59. The van der Waals surface area contributed by atoms with Gasteiger partial charge in [-0.15, -0.1) is 0 Å². The van der Waals surface area contributed by atoms with Crippen molar-refractivity contribution in [2.45, 2.75) is 13.5 Å². The van der Waals surface area contributed by atoms with Crippen LogP contribution in [0.15, 0.2) is 44.4 Å². The maximum atomic E-state index is 12.3. The summed E-state index contributed by atoms with van der Waals surface area (Å²) < 4.78 is 7.10. The van der Waals surface area contributed by atoms with E-state index in [1.54, 1.807) is 37.3 Å². The van der Waals surface area contributed by atoms with Crippen molar-refractivity contribution in [1.29, 1.82) is 0 Å². The van der Waals surface area contributed by atoms with Crippen molar-refractivity contribution in [2.75, 3.05) is 5.32 Å². The van der Waals surface area contributed by atoms with Crippen LogP contribution in [0.1, 0.15) is 5.76 Å². The summed E-state index contributed by atoms with van der Waals surface area (Å²) >= 11 is 0. The molecule has 8 heteroatoms. The van der Waals surface area contributed by atoms with Crippen LogP contribution in [0.3, 0.4) is 0 Å². The first kappa shape index (κ1) is 14.8. The van der Waals surface area contributed by atoms with Crippen molar-refractivity contribution < 1.29 is 9.32 Å². The fourth-order valence-electron chi connectivity index (χ4n) is 2.35. The number of nitrogens with zero attached hydrogens (tertiary/aromatic N) is 3. The van der Waals surface area contributed by atoms with Crippen LogP contribution in [0.5, 0.6) is 0 Å². The fraction of sp³-hybridized carbons (Fsp3) is 0.200. The Balaban J connectivity index is 2.01. The number of benzene rings is 1. The number of hydrogen-bond acceptors (Lipinski definition) is 5. The number of carbonyl (C=O) groups is 1. The van der Waals surface area contributed by atoms with E-state index < -0.39 is 17.2 Å². The summed E-state index contributed by atoms with van der Waals surface area (Å²) in [5.41, 5.74) is -0.540. The van der Waals surface area contributed by atoms with Crippen LogP contribution >= 0.6 is 0 Å². The number of hydrogen-bond donors (Lipinski definition) is 1. The van der Waals surface area contributed by atoms with Gasteiger partial charge in [0.25, 0.3) is 5.56 Å². The molecule has 0 bridgehead atoms. The van der Waals surface area contributed by atoms with Crippen LogP contribution < -0.4 is 16.6 Å². The van der Waals surface area contributed by atoms with Gasteiger partial charge in [-0.25, -0.2) is 4.79 Å². The molecule has 1 N–H and O–H groups in total. The van der Waals surface area contributed by atoms with E-state index in [1.807, 2.05) is 0 Å². The average molecular weight is 314 g/mol. The average Bonchev–Trinajstić information content (AvgIpc) is 2.94. The number of nitrogens with one attached hydrogen (secondary N) is 1. The number of carbonyl (C=O) groups excluding carboxylic acids is 1. The molecule has 0 radical (unpaired) electrons. The molecular formula is C15H14N4O4. The van der Waals surface area contributed by atoms with E-state index in [-0.39, 0.29) is 12.4 Å². The summed E-state index contributed by atoms with van der Waals surface area (Å²) in [7, 11) is 1.38. The number of para-hydroxylation sites is 1. The first-order chi connectivity index (χ1) is 11.0. The Labute approximate surface area is 129 Å². The van der Waals surface area contributed by atoms with E-state index in [0.717, 1.165) is 4.57 Å². The van der Waals surface area contributed by atoms with E-state index in [2.05, 4.69) is 10.5 Å². The minimum atomic E-state index is -0.555. The number of aromatic nitrogens is 3. The van der Waals surface area contributed by atoms with Crippen molar-refractivity contribution in [3.8, 4) is 0 Å². The lowest BCUT2D eigenvalue weighted by Crippen LogP contribution is -2.40. The molecule has 1 aromatic carbocycles. The Bertz CT molecular complexity index is 1010. The molecule has 1 amide bonds. The summed E-state index contributed by atoms with van der Waals surface area (Å²) in [6.45, 7) is 1.47. The predicted molar refractivity (Wildman–Crippen MR) is 83.3 cm³/mol. The van der Waals surface area contributed by atoms with Gasteiger partial charge in [0.1, 0.15) is 12.3 Å². The molecule has 0 aliphatic rings. The summed E-state index contributed by atoms with van der Waals surface area (Å²) in [4.78, 5) is 36.6. The second-order valence-corrected chi connectivity index (χ2v) is 5.12. The summed E-state index contributed by atoms with van der Waals surface area (Å²) in [5.74, 6) is 0.393. The van der Waals surface area contributed by atoms with Gasteiger partial charge < -0.3 is 9.84 Å². The molecule has 0 unspecified atom stereocenters. The molecule has 3 aromatic rings. The molecule has 23 heavy (non-hydrogen) atoms. The molecule has 8 nitrogen and oxygen atoms in total. The Hall–Kier alpha value is -3.16.